The number of aromatic nitrogens is 1. The molecule has 1 aromatic heterocycles. The Balaban J connectivity index is 2.18. The van der Waals surface area contributed by atoms with E-state index in [0.717, 1.165) is 0 Å². The first-order valence-corrected chi connectivity index (χ1v) is 9.93. The highest BCUT2D eigenvalue weighted by molar-refractivity contribution is 5.97. The van der Waals surface area contributed by atoms with E-state index in [1.54, 1.807) is 32.9 Å². The Morgan fingerprint density at radius 1 is 1.00 bits per heavy atom. The number of rotatable bonds is 9. The van der Waals surface area contributed by atoms with Crippen LogP contribution in [0.5, 0.6) is 17.2 Å². The third-order valence-corrected chi connectivity index (χ3v) is 4.39. The molecule has 9 nitrogen and oxygen atoms in total. The molecule has 0 fully saturated rings. The zero-order chi connectivity index (χ0) is 22.3. The van der Waals surface area contributed by atoms with Crippen LogP contribution in [0.25, 0.3) is 0 Å². The van der Waals surface area contributed by atoms with Gasteiger partial charge in [-0.2, -0.15) is 0 Å². The van der Waals surface area contributed by atoms with E-state index in [1.165, 1.54) is 0 Å². The van der Waals surface area contributed by atoms with Gasteiger partial charge in [-0.1, -0.05) is 5.16 Å². The summed E-state index contributed by atoms with van der Waals surface area (Å²) >= 11 is 0. The molecule has 1 aromatic carbocycles. The fourth-order valence-corrected chi connectivity index (χ4v) is 3.06. The zero-order valence-electron chi connectivity index (χ0n) is 18.3. The van der Waals surface area contributed by atoms with Crippen molar-refractivity contribution >= 4 is 11.8 Å². The van der Waals surface area contributed by atoms with Gasteiger partial charge in [-0.25, -0.2) is 0 Å². The largest absolute Gasteiger partial charge is 0.490 e. The molecular weight excluding hydrogens is 390 g/mol. The summed E-state index contributed by atoms with van der Waals surface area (Å²) < 4.78 is 22.0. The fraction of sp³-hybridized carbons (Fsp3) is 0.476. The Hall–Kier alpha value is -3.23. The van der Waals surface area contributed by atoms with Gasteiger partial charge < -0.3 is 18.7 Å². The maximum Gasteiger partial charge on any atom is 0.269 e. The van der Waals surface area contributed by atoms with Gasteiger partial charge in [0.2, 0.25) is 11.7 Å². The zero-order valence-corrected chi connectivity index (χ0v) is 18.3. The van der Waals surface area contributed by atoms with Crippen molar-refractivity contribution in [3.63, 3.8) is 0 Å². The van der Waals surface area contributed by atoms with Crippen LogP contribution in [0.3, 0.4) is 0 Å². The molecule has 0 aliphatic carbocycles. The molecule has 0 bridgehead atoms. The number of carbonyl (C=O) groups excluding carboxylic acids is 2. The number of ether oxygens (including phenoxy) is 3. The van der Waals surface area contributed by atoms with E-state index in [4.69, 9.17) is 18.7 Å². The molecule has 0 saturated carbocycles. The second kappa shape index (κ2) is 10.5. The summed E-state index contributed by atoms with van der Waals surface area (Å²) in [7, 11) is 0. The summed E-state index contributed by atoms with van der Waals surface area (Å²) in [5, 5.41) is 3.86. The molecular formula is C21H29N3O6. The van der Waals surface area contributed by atoms with E-state index < -0.39 is 17.7 Å². The summed E-state index contributed by atoms with van der Waals surface area (Å²) in [6.45, 7) is 11.9. The lowest BCUT2D eigenvalue weighted by atomic mass is 9.99. The van der Waals surface area contributed by atoms with E-state index in [-0.39, 0.29) is 5.56 Å². The van der Waals surface area contributed by atoms with Crippen molar-refractivity contribution in [2.75, 3.05) is 19.8 Å². The van der Waals surface area contributed by atoms with Crippen LogP contribution in [0.4, 0.5) is 0 Å². The normalized spacial score (nSPS) is 11.5. The Kier molecular flexibility index (Phi) is 8.08. The summed E-state index contributed by atoms with van der Waals surface area (Å²) in [6, 6.07) is 3.10. The molecule has 164 valence electrons. The first kappa shape index (κ1) is 23.1. The first-order chi connectivity index (χ1) is 14.3. The summed E-state index contributed by atoms with van der Waals surface area (Å²) in [5.41, 5.74) is 6.46. The Bertz CT molecular complexity index is 846. The Morgan fingerprint density at radius 3 is 2.03 bits per heavy atom. The SMILES string of the molecule is CCOc1cc(C(=O)NNC(=O)C(C)c2c(C)noc2C)cc(OCC)c1OCC. The first-order valence-electron chi connectivity index (χ1n) is 9.93. The molecule has 2 N–H and O–H groups in total. The second-order valence-electron chi connectivity index (χ2n) is 6.50. The van der Waals surface area contributed by atoms with Crippen LogP contribution < -0.4 is 25.1 Å². The van der Waals surface area contributed by atoms with E-state index >= 15 is 0 Å². The van der Waals surface area contributed by atoms with Crippen LogP contribution in [0.15, 0.2) is 16.7 Å². The molecule has 0 saturated heterocycles. The number of hydrogen-bond acceptors (Lipinski definition) is 7. The molecule has 2 rings (SSSR count). The van der Waals surface area contributed by atoms with Gasteiger partial charge in [0.25, 0.3) is 5.91 Å². The van der Waals surface area contributed by atoms with Gasteiger partial charge in [0.1, 0.15) is 5.76 Å². The van der Waals surface area contributed by atoms with Gasteiger partial charge in [0, 0.05) is 11.1 Å². The smallest absolute Gasteiger partial charge is 0.269 e. The highest BCUT2D eigenvalue weighted by Gasteiger charge is 2.24. The van der Waals surface area contributed by atoms with Gasteiger partial charge >= 0.3 is 0 Å². The number of nitrogens with zero attached hydrogens (tertiary/aromatic N) is 1. The summed E-state index contributed by atoms with van der Waals surface area (Å²) in [5.74, 6) is 0.342. The van der Waals surface area contributed by atoms with Gasteiger partial charge in [0.15, 0.2) is 11.5 Å². The number of aryl methyl sites for hydroxylation is 2. The molecule has 0 radical (unpaired) electrons. The topological polar surface area (TPSA) is 112 Å². The number of nitrogens with one attached hydrogen (secondary N) is 2. The predicted octanol–water partition coefficient (Wildman–Crippen LogP) is 3.05. The van der Waals surface area contributed by atoms with Gasteiger partial charge in [-0.05, 0) is 53.7 Å². The van der Waals surface area contributed by atoms with E-state index in [2.05, 4.69) is 16.0 Å². The van der Waals surface area contributed by atoms with E-state index in [9.17, 15) is 9.59 Å². The quantitative estimate of drug-likeness (QED) is 0.601. The molecule has 1 atom stereocenters. The highest BCUT2D eigenvalue weighted by atomic mass is 16.5. The Labute approximate surface area is 176 Å². The average Bonchev–Trinajstić information content (AvgIpc) is 3.05. The number of benzene rings is 1. The number of hydrogen-bond donors (Lipinski definition) is 2. The van der Waals surface area contributed by atoms with Crippen molar-refractivity contribution in [3.05, 3.63) is 34.7 Å². The lowest BCUT2D eigenvalue weighted by Crippen LogP contribution is -2.43. The van der Waals surface area contributed by atoms with Gasteiger partial charge in [-0.15, -0.1) is 0 Å². The van der Waals surface area contributed by atoms with Crippen LogP contribution in [0.1, 0.15) is 61.0 Å². The van der Waals surface area contributed by atoms with Crippen LogP contribution in [-0.4, -0.2) is 36.8 Å². The van der Waals surface area contributed by atoms with Crippen LogP contribution in [0.2, 0.25) is 0 Å². The molecule has 2 amide bonds. The molecule has 0 spiro atoms. The third kappa shape index (κ3) is 5.22. The molecule has 0 aliphatic heterocycles. The van der Waals surface area contributed by atoms with Crippen LogP contribution >= 0.6 is 0 Å². The number of amides is 2. The summed E-state index contributed by atoms with van der Waals surface area (Å²) in [6.07, 6.45) is 0. The molecule has 0 aliphatic rings. The highest BCUT2D eigenvalue weighted by Crippen LogP contribution is 2.39. The van der Waals surface area contributed by atoms with E-state index in [0.29, 0.717) is 54.1 Å². The maximum absolute atomic E-state index is 12.7. The molecule has 2 aromatic rings. The minimum atomic E-state index is -0.546. The molecule has 9 heteroatoms. The lowest BCUT2D eigenvalue weighted by Gasteiger charge is -2.17. The van der Waals surface area contributed by atoms with Crippen molar-refractivity contribution in [2.45, 2.75) is 47.5 Å². The monoisotopic (exact) mass is 419 g/mol. The third-order valence-electron chi connectivity index (χ3n) is 4.39. The van der Waals surface area contributed by atoms with Crippen molar-refractivity contribution in [3.8, 4) is 17.2 Å². The number of carbonyl (C=O) groups is 2. The van der Waals surface area contributed by atoms with E-state index in [1.807, 2.05) is 20.8 Å². The predicted molar refractivity (Wildman–Crippen MR) is 110 cm³/mol. The Morgan fingerprint density at radius 2 is 1.57 bits per heavy atom. The molecule has 30 heavy (non-hydrogen) atoms. The minimum Gasteiger partial charge on any atom is -0.490 e. The van der Waals surface area contributed by atoms with Crippen molar-refractivity contribution < 1.29 is 28.3 Å². The fourth-order valence-electron chi connectivity index (χ4n) is 3.06. The van der Waals surface area contributed by atoms with Crippen molar-refractivity contribution in [1.82, 2.24) is 16.0 Å². The van der Waals surface area contributed by atoms with Crippen LogP contribution in [-0.2, 0) is 4.79 Å². The summed E-state index contributed by atoms with van der Waals surface area (Å²) in [4.78, 5) is 25.2. The second-order valence-corrected chi connectivity index (χ2v) is 6.50. The molecule has 1 heterocycles. The van der Waals surface area contributed by atoms with Crippen LogP contribution in [0, 0.1) is 13.8 Å². The van der Waals surface area contributed by atoms with Gasteiger partial charge in [0.05, 0.1) is 31.4 Å². The minimum absolute atomic E-state index is 0.260. The molecule has 1 unspecified atom stereocenters. The van der Waals surface area contributed by atoms with Crippen molar-refractivity contribution in [2.24, 2.45) is 0 Å². The average molecular weight is 419 g/mol. The standard InChI is InChI=1S/C21H29N3O6/c1-7-27-16-10-15(11-17(28-8-2)19(16)29-9-3)21(26)23-22-20(25)12(4)18-13(5)24-30-14(18)6/h10-12H,7-9H2,1-6H3,(H,22,25)(H,23,26). The van der Waals surface area contributed by atoms with Gasteiger partial charge in [-0.3, -0.25) is 20.4 Å². The lowest BCUT2D eigenvalue weighted by molar-refractivity contribution is -0.123. The van der Waals surface area contributed by atoms with Crippen molar-refractivity contribution in [1.29, 1.82) is 0 Å². The number of hydrazine groups is 1. The maximum atomic E-state index is 12.7.